The fraction of sp³-hybridized carbons (Fsp3) is 0.167. The van der Waals surface area contributed by atoms with Gasteiger partial charge in [0.1, 0.15) is 5.25 Å². The number of nitrogens with zero attached hydrogens (tertiary/aromatic N) is 3. The molecule has 2 aromatic carbocycles. The van der Waals surface area contributed by atoms with Crippen LogP contribution in [0.25, 0.3) is 11.5 Å². The molecule has 0 radical (unpaired) electrons. The lowest BCUT2D eigenvalue weighted by Gasteiger charge is -2.18. The average Bonchev–Trinajstić information content (AvgIpc) is 3.09. The molecule has 0 spiro atoms. The van der Waals surface area contributed by atoms with Gasteiger partial charge in [-0.15, -0.1) is 10.2 Å². The van der Waals surface area contributed by atoms with Gasteiger partial charge in [0.2, 0.25) is 11.8 Å². The van der Waals surface area contributed by atoms with Gasteiger partial charge in [0.25, 0.3) is 5.22 Å². The summed E-state index contributed by atoms with van der Waals surface area (Å²) in [6.07, 6.45) is 0. The molecule has 122 valence electrons. The second-order valence-corrected chi connectivity index (χ2v) is 6.44. The summed E-state index contributed by atoms with van der Waals surface area (Å²) in [6, 6.07) is 19.2. The predicted molar refractivity (Wildman–Crippen MR) is 93.5 cm³/mol. The van der Waals surface area contributed by atoms with E-state index in [9.17, 15) is 4.79 Å². The van der Waals surface area contributed by atoms with Crippen LogP contribution >= 0.6 is 11.8 Å². The molecule has 1 heterocycles. The highest BCUT2D eigenvalue weighted by molar-refractivity contribution is 8.00. The van der Waals surface area contributed by atoms with Crippen molar-refractivity contribution in [3.63, 3.8) is 0 Å². The van der Waals surface area contributed by atoms with Gasteiger partial charge in [-0.1, -0.05) is 48.5 Å². The van der Waals surface area contributed by atoms with Gasteiger partial charge in [0.05, 0.1) is 0 Å². The van der Waals surface area contributed by atoms with E-state index in [0.29, 0.717) is 11.1 Å². The van der Waals surface area contributed by atoms with Crippen LogP contribution in [0.3, 0.4) is 0 Å². The minimum Gasteiger partial charge on any atom is -0.411 e. The molecule has 0 saturated heterocycles. The first kappa shape index (κ1) is 16.3. The van der Waals surface area contributed by atoms with Gasteiger partial charge in [-0.3, -0.25) is 4.79 Å². The van der Waals surface area contributed by atoms with Crippen LogP contribution in [-0.4, -0.2) is 35.1 Å². The monoisotopic (exact) mass is 339 g/mol. The summed E-state index contributed by atoms with van der Waals surface area (Å²) in [7, 11) is 3.48. The summed E-state index contributed by atoms with van der Waals surface area (Å²) < 4.78 is 5.72. The summed E-state index contributed by atoms with van der Waals surface area (Å²) in [5.41, 5.74) is 1.76. The Morgan fingerprint density at radius 1 is 1.00 bits per heavy atom. The summed E-state index contributed by atoms with van der Waals surface area (Å²) >= 11 is 1.26. The number of carbonyl (C=O) groups excluding carboxylic acids is 1. The largest absolute Gasteiger partial charge is 0.411 e. The van der Waals surface area contributed by atoms with Crippen LogP contribution in [0.15, 0.2) is 70.3 Å². The zero-order valence-electron chi connectivity index (χ0n) is 13.4. The van der Waals surface area contributed by atoms with E-state index in [1.54, 1.807) is 19.0 Å². The van der Waals surface area contributed by atoms with Crippen LogP contribution in [0.1, 0.15) is 10.8 Å². The molecule has 1 atom stereocenters. The van der Waals surface area contributed by atoms with Crippen molar-refractivity contribution in [3.05, 3.63) is 66.2 Å². The van der Waals surface area contributed by atoms with Gasteiger partial charge in [0.15, 0.2) is 0 Å². The fourth-order valence-corrected chi connectivity index (χ4v) is 3.20. The average molecular weight is 339 g/mol. The molecule has 6 heteroatoms. The van der Waals surface area contributed by atoms with Crippen LogP contribution in [0.4, 0.5) is 0 Å². The summed E-state index contributed by atoms with van der Waals surface area (Å²) in [4.78, 5) is 14.1. The minimum absolute atomic E-state index is 0.0225. The number of benzene rings is 2. The van der Waals surface area contributed by atoms with Crippen molar-refractivity contribution in [2.45, 2.75) is 10.5 Å². The van der Waals surface area contributed by atoms with E-state index in [2.05, 4.69) is 10.2 Å². The maximum Gasteiger partial charge on any atom is 0.277 e. The Morgan fingerprint density at radius 3 is 2.25 bits per heavy atom. The fourth-order valence-electron chi connectivity index (χ4n) is 2.18. The van der Waals surface area contributed by atoms with Crippen LogP contribution in [0.5, 0.6) is 0 Å². The highest BCUT2D eigenvalue weighted by Crippen LogP contribution is 2.36. The topological polar surface area (TPSA) is 59.2 Å². The third kappa shape index (κ3) is 3.65. The van der Waals surface area contributed by atoms with E-state index in [-0.39, 0.29) is 5.91 Å². The smallest absolute Gasteiger partial charge is 0.277 e. The van der Waals surface area contributed by atoms with Crippen molar-refractivity contribution in [2.24, 2.45) is 0 Å². The number of carbonyl (C=O) groups is 1. The molecule has 0 N–H and O–H groups in total. The van der Waals surface area contributed by atoms with Gasteiger partial charge in [-0.25, -0.2) is 0 Å². The highest BCUT2D eigenvalue weighted by Gasteiger charge is 2.26. The predicted octanol–water partition coefficient (Wildman–Crippen LogP) is 3.66. The molecule has 0 unspecified atom stereocenters. The Bertz CT molecular complexity index is 803. The molecule has 5 nitrogen and oxygen atoms in total. The van der Waals surface area contributed by atoms with Crippen molar-refractivity contribution in [1.82, 2.24) is 15.1 Å². The summed E-state index contributed by atoms with van der Waals surface area (Å²) in [5, 5.41) is 8.10. The molecular formula is C18H17N3O2S. The number of aromatic nitrogens is 2. The second kappa shape index (κ2) is 7.31. The number of hydrogen-bond donors (Lipinski definition) is 0. The Balaban J connectivity index is 1.86. The lowest BCUT2D eigenvalue weighted by Crippen LogP contribution is -2.26. The third-order valence-corrected chi connectivity index (χ3v) is 4.49. The lowest BCUT2D eigenvalue weighted by atomic mass is 10.1. The second-order valence-electron chi connectivity index (χ2n) is 5.38. The maximum atomic E-state index is 12.5. The molecule has 0 aliphatic carbocycles. The van der Waals surface area contributed by atoms with E-state index in [1.165, 1.54) is 11.8 Å². The molecule has 3 aromatic rings. The van der Waals surface area contributed by atoms with E-state index >= 15 is 0 Å². The lowest BCUT2D eigenvalue weighted by molar-refractivity contribution is -0.128. The summed E-state index contributed by atoms with van der Waals surface area (Å²) in [6.45, 7) is 0. The van der Waals surface area contributed by atoms with Gasteiger partial charge < -0.3 is 9.32 Å². The summed E-state index contributed by atoms with van der Waals surface area (Å²) in [5.74, 6) is 0.424. The van der Waals surface area contributed by atoms with E-state index in [0.717, 1.165) is 11.1 Å². The van der Waals surface area contributed by atoms with E-state index in [4.69, 9.17) is 4.42 Å². The van der Waals surface area contributed by atoms with Crippen LogP contribution in [0.2, 0.25) is 0 Å². The Labute approximate surface area is 144 Å². The number of thioether (sulfide) groups is 1. The third-order valence-electron chi connectivity index (χ3n) is 3.41. The molecule has 0 fully saturated rings. The van der Waals surface area contributed by atoms with Gasteiger partial charge in [-0.2, -0.15) is 0 Å². The first-order valence-corrected chi connectivity index (χ1v) is 8.35. The van der Waals surface area contributed by atoms with Crippen LogP contribution in [-0.2, 0) is 4.79 Å². The standard InChI is InChI=1S/C18H17N3O2S/c1-21(2)17(22)15(13-9-5-3-6-10-13)24-18-20-19-16(23-18)14-11-7-4-8-12-14/h3-12,15H,1-2H3/t15-/m1/s1. The molecule has 1 amide bonds. The van der Waals surface area contributed by atoms with Crippen molar-refractivity contribution in [3.8, 4) is 11.5 Å². The Hall–Kier alpha value is -2.60. The normalized spacial score (nSPS) is 11.9. The maximum absolute atomic E-state index is 12.5. The zero-order chi connectivity index (χ0) is 16.9. The van der Waals surface area contributed by atoms with Gasteiger partial charge in [0, 0.05) is 19.7 Å². The molecule has 0 bridgehead atoms. The highest BCUT2D eigenvalue weighted by atomic mass is 32.2. The van der Waals surface area contributed by atoms with Crippen molar-refractivity contribution >= 4 is 17.7 Å². The number of likely N-dealkylation sites (N-methyl/N-ethyl adjacent to an activating group) is 1. The Morgan fingerprint density at radius 2 is 1.62 bits per heavy atom. The Kier molecular flexibility index (Phi) is 4.96. The number of hydrogen-bond acceptors (Lipinski definition) is 5. The van der Waals surface area contributed by atoms with Crippen molar-refractivity contribution in [1.29, 1.82) is 0 Å². The molecule has 3 rings (SSSR count). The number of amides is 1. The van der Waals surface area contributed by atoms with Gasteiger partial charge >= 0.3 is 0 Å². The first-order valence-electron chi connectivity index (χ1n) is 7.47. The molecule has 1 aromatic heterocycles. The van der Waals surface area contributed by atoms with E-state index in [1.807, 2.05) is 60.7 Å². The van der Waals surface area contributed by atoms with Crippen molar-refractivity contribution in [2.75, 3.05) is 14.1 Å². The zero-order valence-corrected chi connectivity index (χ0v) is 14.2. The molecule has 0 saturated carbocycles. The molecule has 0 aliphatic rings. The van der Waals surface area contributed by atoms with Gasteiger partial charge in [-0.05, 0) is 29.5 Å². The van der Waals surface area contributed by atoms with E-state index < -0.39 is 5.25 Å². The SMILES string of the molecule is CN(C)C(=O)[C@H](Sc1nnc(-c2ccccc2)o1)c1ccccc1. The first-order chi connectivity index (χ1) is 11.6. The van der Waals surface area contributed by atoms with Crippen LogP contribution in [0, 0.1) is 0 Å². The number of rotatable bonds is 5. The minimum atomic E-state index is -0.426. The molecular weight excluding hydrogens is 322 g/mol. The molecule has 24 heavy (non-hydrogen) atoms. The van der Waals surface area contributed by atoms with Crippen molar-refractivity contribution < 1.29 is 9.21 Å². The quantitative estimate of drug-likeness (QED) is 0.664. The van der Waals surface area contributed by atoms with Crippen LogP contribution < -0.4 is 0 Å². The molecule has 0 aliphatic heterocycles.